The Hall–Kier alpha value is -2.03. The third-order valence-electron chi connectivity index (χ3n) is 2.10. The van der Waals surface area contributed by atoms with Crippen LogP contribution in [-0.4, -0.2) is 28.9 Å². The van der Waals surface area contributed by atoms with Crippen molar-refractivity contribution in [2.24, 2.45) is 0 Å². The smallest absolute Gasteiger partial charge is 0.393 e. The summed E-state index contributed by atoms with van der Waals surface area (Å²) < 4.78 is 36.0. The number of benzene rings is 1. The Balaban J connectivity index is 2.70. The Morgan fingerprint density at radius 1 is 1.50 bits per heavy atom. The first-order valence-electron chi connectivity index (χ1n) is 4.74. The molecule has 1 aromatic rings. The Kier molecular flexibility index (Phi) is 3.96. The molecular formula is C9H10F3N3O3. The van der Waals surface area contributed by atoms with Crippen LogP contribution in [0.5, 0.6) is 0 Å². The van der Waals surface area contributed by atoms with Gasteiger partial charge in [-0.15, -0.1) is 0 Å². The van der Waals surface area contributed by atoms with Gasteiger partial charge in [-0.3, -0.25) is 10.1 Å². The van der Waals surface area contributed by atoms with Crippen LogP contribution in [-0.2, 0) is 0 Å². The van der Waals surface area contributed by atoms with Gasteiger partial charge in [0.1, 0.15) is 5.69 Å². The topological polar surface area (TPSA) is 101 Å². The van der Waals surface area contributed by atoms with E-state index in [9.17, 15) is 23.3 Å². The number of nitrogens with one attached hydrogen (secondary N) is 1. The van der Waals surface area contributed by atoms with Crippen molar-refractivity contribution in [2.45, 2.75) is 12.3 Å². The van der Waals surface area contributed by atoms with E-state index in [1.54, 1.807) is 0 Å². The number of nitrogens with zero attached hydrogens (tertiary/aromatic N) is 1. The van der Waals surface area contributed by atoms with E-state index in [4.69, 9.17) is 10.8 Å². The van der Waals surface area contributed by atoms with Crippen molar-refractivity contribution >= 4 is 17.1 Å². The van der Waals surface area contributed by atoms with E-state index in [1.165, 1.54) is 6.07 Å². The van der Waals surface area contributed by atoms with E-state index in [0.29, 0.717) is 0 Å². The highest BCUT2D eigenvalue weighted by atomic mass is 19.4. The third kappa shape index (κ3) is 3.48. The molecule has 1 atom stereocenters. The zero-order chi connectivity index (χ0) is 13.9. The molecule has 100 valence electrons. The van der Waals surface area contributed by atoms with E-state index >= 15 is 0 Å². The van der Waals surface area contributed by atoms with Crippen LogP contribution < -0.4 is 11.1 Å². The lowest BCUT2D eigenvalue weighted by molar-refractivity contribution is -0.383. The highest BCUT2D eigenvalue weighted by Crippen LogP contribution is 2.25. The Morgan fingerprint density at radius 2 is 2.11 bits per heavy atom. The van der Waals surface area contributed by atoms with Crippen molar-refractivity contribution in [2.75, 3.05) is 17.6 Å². The summed E-state index contributed by atoms with van der Waals surface area (Å²) in [5.41, 5.74) is 4.99. The summed E-state index contributed by atoms with van der Waals surface area (Å²) in [4.78, 5) is 9.74. The van der Waals surface area contributed by atoms with E-state index in [-0.39, 0.29) is 17.1 Å². The molecule has 0 spiro atoms. The molecule has 1 aromatic carbocycles. The van der Waals surface area contributed by atoms with E-state index in [1.807, 2.05) is 0 Å². The van der Waals surface area contributed by atoms with Gasteiger partial charge in [0.05, 0.1) is 4.92 Å². The molecule has 4 N–H and O–H groups in total. The Labute approximate surface area is 99.4 Å². The number of aliphatic hydroxyl groups excluding tert-OH is 1. The second-order valence-electron chi connectivity index (χ2n) is 3.47. The number of halogens is 3. The minimum absolute atomic E-state index is 0.154. The quantitative estimate of drug-likeness (QED) is 0.435. The number of nitrogen functional groups attached to an aromatic ring is 1. The highest BCUT2D eigenvalue weighted by molar-refractivity contribution is 5.65. The summed E-state index contributed by atoms with van der Waals surface area (Å²) in [5, 5.41) is 21.5. The molecule has 0 saturated heterocycles. The maximum Gasteiger partial charge on any atom is 0.416 e. The fourth-order valence-electron chi connectivity index (χ4n) is 1.16. The lowest BCUT2D eigenvalue weighted by Gasteiger charge is -2.15. The molecule has 9 heteroatoms. The number of anilines is 2. The van der Waals surface area contributed by atoms with Gasteiger partial charge in [-0.05, 0) is 12.1 Å². The number of aliphatic hydroxyl groups is 1. The van der Waals surface area contributed by atoms with Crippen molar-refractivity contribution in [3.63, 3.8) is 0 Å². The first-order chi connectivity index (χ1) is 8.21. The van der Waals surface area contributed by atoms with Gasteiger partial charge in [0, 0.05) is 18.3 Å². The molecule has 0 radical (unpaired) electrons. The number of nitro benzene ring substituents is 1. The molecule has 0 aromatic heterocycles. The Bertz CT molecular complexity index is 450. The average molecular weight is 265 g/mol. The zero-order valence-corrected chi connectivity index (χ0v) is 8.94. The number of nitro groups is 1. The van der Waals surface area contributed by atoms with E-state index < -0.39 is 23.7 Å². The van der Waals surface area contributed by atoms with E-state index in [2.05, 4.69) is 5.32 Å². The number of alkyl halides is 3. The largest absolute Gasteiger partial charge is 0.416 e. The van der Waals surface area contributed by atoms with Gasteiger partial charge in [-0.2, -0.15) is 13.2 Å². The summed E-state index contributed by atoms with van der Waals surface area (Å²) in [5.74, 6) is 0. The van der Waals surface area contributed by atoms with Crippen LogP contribution in [0.15, 0.2) is 18.2 Å². The first-order valence-corrected chi connectivity index (χ1v) is 4.74. The molecule has 0 fully saturated rings. The van der Waals surface area contributed by atoms with Gasteiger partial charge in [-0.25, -0.2) is 0 Å². The van der Waals surface area contributed by atoms with Crippen molar-refractivity contribution in [3.05, 3.63) is 28.3 Å². The summed E-state index contributed by atoms with van der Waals surface area (Å²) in [6, 6.07) is 3.40. The summed E-state index contributed by atoms with van der Waals surface area (Å²) in [6.45, 7) is -0.763. The van der Waals surface area contributed by atoms with Crippen molar-refractivity contribution in [3.8, 4) is 0 Å². The summed E-state index contributed by atoms with van der Waals surface area (Å²) in [7, 11) is 0. The number of hydrogen-bond acceptors (Lipinski definition) is 5. The van der Waals surface area contributed by atoms with Crippen molar-refractivity contribution in [1.29, 1.82) is 0 Å². The predicted octanol–water partition coefficient (Wildman–Crippen LogP) is 1.51. The van der Waals surface area contributed by atoms with Gasteiger partial charge in [-0.1, -0.05) is 0 Å². The molecule has 0 amide bonds. The normalized spacial score (nSPS) is 13.1. The zero-order valence-electron chi connectivity index (χ0n) is 8.94. The standard InChI is InChI=1S/C9H10F3N3O3/c10-9(11,12)8(16)4-14-5-1-2-7(15(17)18)6(13)3-5/h1-3,8,14,16H,4,13H2. The van der Waals surface area contributed by atoms with Gasteiger partial charge in [0.25, 0.3) is 5.69 Å². The maximum absolute atomic E-state index is 12.0. The third-order valence-corrected chi connectivity index (χ3v) is 2.10. The number of hydrogen-bond donors (Lipinski definition) is 3. The van der Waals surface area contributed by atoms with Crippen LogP contribution in [0.3, 0.4) is 0 Å². The lowest BCUT2D eigenvalue weighted by Crippen LogP contribution is -2.35. The molecule has 0 heterocycles. The average Bonchev–Trinajstić information content (AvgIpc) is 2.24. The van der Waals surface area contributed by atoms with Gasteiger partial charge in [0.15, 0.2) is 6.10 Å². The van der Waals surface area contributed by atoms with Crippen LogP contribution in [0.4, 0.5) is 30.2 Å². The lowest BCUT2D eigenvalue weighted by atomic mass is 10.2. The molecule has 1 rings (SSSR count). The summed E-state index contributed by atoms with van der Waals surface area (Å²) >= 11 is 0. The van der Waals surface area contributed by atoms with E-state index in [0.717, 1.165) is 12.1 Å². The van der Waals surface area contributed by atoms with Crippen molar-refractivity contribution in [1.82, 2.24) is 0 Å². The predicted molar refractivity (Wildman–Crippen MR) is 58.1 cm³/mol. The minimum Gasteiger partial charge on any atom is -0.393 e. The molecule has 0 aliphatic rings. The van der Waals surface area contributed by atoms with Gasteiger partial charge < -0.3 is 16.2 Å². The van der Waals surface area contributed by atoms with Crippen LogP contribution in [0.25, 0.3) is 0 Å². The van der Waals surface area contributed by atoms with Crippen LogP contribution in [0.2, 0.25) is 0 Å². The fourth-order valence-corrected chi connectivity index (χ4v) is 1.16. The molecule has 0 bridgehead atoms. The van der Waals surface area contributed by atoms with Crippen LogP contribution in [0, 0.1) is 10.1 Å². The molecule has 0 aliphatic heterocycles. The molecule has 1 unspecified atom stereocenters. The molecular weight excluding hydrogens is 255 g/mol. The number of nitrogens with two attached hydrogens (primary N) is 1. The maximum atomic E-state index is 12.0. The fraction of sp³-hybridized carbons (Fsp3) is 0.333. The monoisotopic (exact) mass is 265 g/mol. The number of rotatable bonds is 4. The first kappa shape index (κ1) is 14.0. The molecule has 18 heavy (non-hydrogen) atoms. The van der Waals surface area contributed by atoms with Gasteiger partial charge in [0.2, 0.25) is 0 Å². The summed E-state index contributed by atoms with van der Waals surface area (Å²) in [6.07, 6.45) is -7.24. The van der Waals surface area contributed by atoms with Crippen molar-refractivity contribution < 1.29 is 23.2 Å². The molecule has 0 saturated carbocycles. The second-order valence-corrected chi connectivity index (χ2v) is 3.47. The minimum atomic E-state index is -4.72. The van der Waals surface area contributed by atoms with Crippen LogP contribution >= 0.6 is 0 Å². The second kappa shape index (κ2) is 5.08. The molecule has 0 aliphatic carbocycles. The molecule has 6 nitrogen and oxygen atoms in total. The SMILES string of the molecule is Nc1cc(NCC(O)C(F)(F)F)ccc1[N+](=O)[O-]. The highest BCUT2D eigenvalue weighted by Gasteiger charge is 2.37. The van der Waals surface area contributed by atoms with Crippen LogP contribution in [0.1, 0.15) is 0 Å². The van der Waals surface area contributed by atoms with Gasteiger partial charge >= 0.3 is 6.18 Å². The Morgan fingerprint density at radius 3 is 2.56 bits per heavy atom.